The number of hydrogen-bond donors (Lipinski definition) is 0. The Hall–Kier alpha value is -1.97. The summed E-state index contributed by atoms with van der Waals surface area (Å²) < 4.78 is 29.0. The predicted molar refractivity (Wildman–Crippen MR) is 65.8 cm³/mol. The fourth-order valence-corrected chi connectivity index (χ4v) is 1.72. The fourth-order valence-electron chi connectivity index (χ4n) is 1.72. The van der Waals surface area contributed by atoms with Crippen LogP contribution in [-0.4, -0.2) is 4.57 Å². The molecular weight excluding hydrogens is 236 g/mol. The van der Waals surface area contributed by atoms with Gasteiger partial charge in [0.15, 0.2) is 0 Å². The monoisotopic (exact) mass is 249 g/mol. The van der Waals surface area contributed by atoms with Crippen LogP contribution in [-0.2, 0) is 12.5 Å². The van der Waals surface area contributed by atoms with E-state index in [1.54, 1.807) is 31.2 Å². The van der Waals surface area contributed by atoms with E-state index in [2.05, 4.69) is 0 Å². The van der Waals surface area contributed by atoms with E-state index >= 15 is 0 Å². The fraction of sp³-hybridized carbons (Fsp3) is 0.214. The zero-order valence-corrected chi connectivity index (χ0v) is 9.94. The van der Waals surface area contributed by atoms with E-state index < -0.39 is 18.0 Å². The van der Waals surface area contributed by atoms with Crippen molar-refractivity contribution >= 4 is 0 Å². The van der Waals surface area contributed by atoms with Crippen LogP contribution in [0.15, 0.2) is 53.5 Å². The number of rotatable bonds is 3. The Labute approximate surface area is 104 Å². The highest BCUT2D eigenvalue weighted by Crippen LogP contribution is 2.28. The molecule has 1 heterocycles. The first-order valence-electron chi connectivity index (χ1n) is 5.59. The van der Waals surface area contributed by atoms with Gasteiger partial charge < -0.3 is 4.57 Å². The highest BCUT2D eigenvalue weighted by atomic mass is 19.3. The average molecular weight is 249 g/mol. The zero-order valence-electron chi connectivity index (χ0n) is 9.94. The molecule has 1 aromatic heterocycles. The van der Waals surface area contributed by atoms with Crippen molar-refractivity contribution in [2.75, 3.05) is 0 Å². The molecule has 0 bridgehead atoms. The van der Waals surface area contributed by atoms with Crippen LogP contribution in [0.1, 0.15) is 11.1 Å². The van der Waals surface area contributed by atoms with Gasteiger partial charge in [-0.3, -0.25) is 4.79 Å². The summed E-state index contributed by atoms with van der Waals surface area (Å²) >= 11 is 0. The van der Waals surface area contributed by atoms with Gasteiger partial charge in [-0.15, -0.1) is 0 Å². The summed E-state index contributed by atoms with van der Waals surface area (Å²) in [7, 11) is 0. The normalized spacial score (nSPS) is 11.5. The number of pyridine rings is 1. The summed E-state index contributed by atoms with van der Waals surface area (Å²) in [5, 5.41) is 0. The Balaban J connectivity index is 2.31. The van der Waals surface area contributed by atoms with Gasteiger partial charge in [0.1, 0.15) is 0 Å². The summed E-state index contributed by atoms with van der Waals surface area (Å²) in [6.07, 6.45) is 1.40. The molecule has 0 saturated carbocycles. The molecule has 0 aliphatic rings. The lowest BCUT2D eigenvalue weighted by Crippen LogP contribution is -2.28. The van der Waals surface area contributed by atoms with Crippen LogP contribution in [0.5, 0.6) is 0 Å². The average Bonchev–Trinajstić information content (AvgIpc) is 2.34. The smallest absolute Gasteiger partial charge is 0.290 e. The van der Waals surface area contributed by atoms with Gasteiger partial charge in [-0.1, -0.05) is 30.3 Å². The maximum absolute atomic E-state index is 14.0. The molecule has 0 radical (unpaired) electrons. The second kappa shape index (κ2) is 4.72. The lowest BCUT2D eigenvalue weighted by atomic mass is 10.1. The van der Waals surface area contributed by atoms with Crippen LogP contribution < -0.4 is 5.56 Å². The van der Waals surface area contributed by atoms with Gasteiger partial charge in [-0.2, -0.15) is 8.78 Å². The Morgan fingerprint density at radius 2 is 1.83 bits per heavy atom. The van der Waals surface area contributed by atoms with E-state index in [9.17, 15) is 13.6 Å². The molecule has 0 N–H and O–H groups in total. The van der Waals surface area contributed by atoms with Gasteiger partial charge in [-0.05, 0) is 18.6 Å². The maximum Gasteiger partial charge on any atom is 0.290 e. The number of nitrogens with zero attached hydrogens (tertiary/aromatic N) is 1. The highest BCUT2D eigenvalue weighted by molar-refractivity contribution is 5.20. The SMILES string of the molecule is Cc1ccn(CC(F)(F)c2ccccc2)c(=O)c1. The molecule has 0 fully saturated rings. The van der Waals surface area contributed by atoms with E-state index in [0.29, 0.717) is 0 Å². The lowest BCUT2D eigenvalue weighted by Gasteiger charge is -2.18. The van der Waals surface area contributed by atoms with Gasteiger partial charge in [0.2, 0.25) is 0 Å². The number of alkyl halides is 2. The summed E-state index contributed by atoms with van der Waals surface area (Å²) in [6, 6.07) is 10.5. The lowest BCUT2D eigenvalue weighted by molar-refractivity contribution is -0.0231. The van der Waals surface area contributed by atoms with E-state index in [0.717, 1.165) is 10.1 Å². The van der Waals surface area contributed by atoms with E-state index in [1.807, 2.05) is 0 Å². The second-order valence-electron chi connectivity index (χ2n) is 4.24. The van der Waals surface area contributed by atoms with Gasteiger partial charge in [0.25, 0.3) is 11.5 Å². The first-order chi connectivity index (χ1) is 8.49. The molecular formula is C14H13F2NO. The number of hydrogen-bond acceptors (Lipinski definition) is 1. The Morgan fingerprint density at radius 3 is 2.44 bits per heavy atom. The molecule has 2 nitrogen and oxygen atoms in total. The van der Waals surface area contributed by atoms with Crippen LogP contribution in [0, 0.1) is 6.92 Å². The first-order valence-corrected chi connectivity index (χ1v) is 5.59. The molecule has 94 valence electrons. The van der Waals surface area contributed by atoms with Crippen molar-refractivity contribution in [3.63, 3.8) is 0 Å². The predicted octanol–water partition coefficient (Wildman–Crippen LogP) is 2.95. The molecule has 2 aromatic rings. The van der Waals surface area contributed by atoms with Crippen LogP contribution in [0.25, 0.3) is 0 Å². The minimum Gasteiger partial charge on any atom is -0.309 e. The van der Waals surface area contributed by atoms with E-state index in [1.165, 1.54) is 24.4 Å². The van der Waals surface area contributed by atoms with Crippen LogP contribution in [0.4, 0.5) is 8.78 Å². The molecule has 18 heavy (non-hydrogen) atoms. The molecule has 0 unspecified atom stereocenters. The van der Waals surface area contributed by atoms with Crippen molar-refractivity contribution < 1.29 is 8.78 Å². The second-order valence-corrected chi connectivity index (χ2v) is 4.24. The third-order valence-electron chi connectivity index (χ3n) is 2.72. The van der Waals surface area contributed by atoms with Crippen molar-refractivity contribution in [3.8, 4) is 0 Å². The van der Waals surface area contributed by atoms with E-state index in [4.69, 9.17) is 0 Å². The molecule has 0 amide bonds. The topological polar surface area (TPSA) is 22.0 Å². The molecule has 0 aliphatic carbocycles. The third-order valence-corrected chi connectivity index (χ3v) is 2.72. The third kappa shape index (κ3) is 2.64. The van der Waals surface area contributed by atoms with Gasteiger partial charge in [0, 0.05) is 17.8 Å². The van der Waals surface area contributed by atoms with Crippen molar-refractivity contribution in [3.05, 3.63) is 70.1 Å². The highest BCUT2D eigenvalue weighted by Gasteiger charge is 2.31. The molecule has 1 aromatic carbocycles. The Bertz CT molecular complexity index is 590. The van der Waals surface area contributed by atoms with Crippen molar-refractivity contribution in [2.24, 2.45) is 0 Å². The molecule has 2 rings (SSSR count). The molecule has 0 saturated heterocycles. The molecule has 4 heteroatoms. The van der Waals surface area contributed by atoms with Gasteiger partial charge in [0.05, 0.1) is 6.54 Å². The number of benzene rings is 1. The van der Waals surface area contributed by atoms with Crippen molar-refractivity contribution in [1.82, 2.24) is 4.57 Å². The Morgan fingerprint density at radius 1 is 1.17 bits per heavy atom. The van der Waals surface area contributed by atoms with Gasteiger partial charge in [-0.25, -0.2) is 0 Å². The minimum atomic E-state index is -3.06. The van der Waals surface area contributed by atoms with Crippen LogP contribution in [0.3, 0.4) is 0 Å². The van der Waals surface area contributed by atoms with Crippen molar-refractivity contribution in [2.45, 2.75) is 19.4 Å². The van der Waals surface area contributed by atoms with Gasteiger partial charge >= 0.3 is 0 Å². The quantitative estimate of drug-likeness (QED) is 0.819. The summed E-state index contributed by atoms with van der Waals surface area (Å²) in [5.74, 6) is -3.06. The van der Waals surface area contributed by atoms with Crippen molar-refractivity contribution in [1.29, 1.82) is 0 Å². The summed E-state index contributed by atoms with van der Waals surface area (Å²) in [5.41, 5.74) is 0.266. The zero-order chi connectivity index (χ0) is 13.2. The molecule has 0 spiro atoms. The largest absolute Gasteiger partial charge is 0.309 e. The van der Waals surface area contributed by atoms with E-state index in [-0.39, 0.29) is 5.56 Å². The molecule has 0 atom stereocenters. The summed E-state index contributed by atoms with van der Waals surface area (Å²) in [6.45, 7) is 1.11. The first kappa shape index (κ1) is 12.5. The maximum atomic E-state index is 14.0. The van der Waals surface area contributed by atoms with Crippen LogP contribution >= 0.6 is 0 Å². The number of aryl methyl sites for hydroxylation is 1. The standard InChI is InChI=1S/C14H13F2NO/c1-11-7-8-17(13(18)9-11)10-14(15,16)12-5-3-2-4-6-12/h2-9H,10H2,1H3. The summed E-state index contributed by atoms with van der Waals surface area (Å²) in [4.78, 5) is 11.6. The minimum absolute atomic E-state index is 0.0857. The number of halogens is 2. The number of aromatic nitrogens is 1. The Kier molecular flexibility index (Phi) is 3.28. The van der Waals surface area contributed by atoms with Crippen LogP contribution in [0.2, 0.25) is 0 Å². The molecule has 0 aliphatic heterocycles.